The molecule has 0 radical (unpaired) electrons. The minimum atomic E-state index is -0.629. The third kappa shape index (κ3) is 3.34. The fourth-order valence-corrected chi connectivity index (χ4v) is 3.52. The minimum Gasteiger partial charge on any atom is -0.481 e. The Balaban J connectivity index is 1.94. The van der Waals surface area contributed by atoms with Crippen LogP contribution < -0.4 is 0 Å². The van der Waals surface area contributed by atoms with E-state index in [1.807, 2.05) is 6.92 Å². The molecule has 2 aliphatic rings. The zero-order valence-electron chi connectivity index (χ0n) is 13.1. The van der Waals surface area contributed by atoms with Gasteiger partial charge in [-0.05, 0) is 45.4 Å². The maximum Gasteiger partial charge on any atom is 0.309 e. The lowest BCUT2D eigenvalue weighted by molar-refractivity contribution is -0.151. The van der Waals surface area contributed by atoms with Gasteiger partial charge in [-0.25, -0.2) is 0 Å². The summed E-state index contributed by atoms with van der Waals surface area (Å²) in [4.78, 5) is 13.9. The number of carbonyl (C=O) groups is 1. The summed E-state index contributed by atoms with van der Waals surface area (Å²) in [5.41, 5.74) is -0.503. The molecule has 4 heteroatoms. The summed E-state index contributed by atoms with van der Waals surface area (Å²) < 4.78 is 6.05. The lowest BCUT2D eigenvalue weighted by Crippen LogP contribution is -2.53. The van der Waals surface area contributed by atoms with E-state index >= 15 is 0 Å². The van der Waals surface area contributed by atoms with Crippen LogP contribution in [0.2, 0.25) is 0 Å². The van der Waals surface area contributed by atoms with Gasteiger partial charge in [0.2, 0.25) is 0 Å². The Morgan fingerprint density at radius 1 is 1.20 bits per heavy atom. The lowest BCUT2D eigenvalue weighted by Gasteiger charge is -2.45. The number of nitrogens with zero attached hydrogens (tertiary/aromatic N) is 1. The van der Waals surface area contributed by atoms with Crippen molar-refractivity contribution in [1.29, 1.82) is 0 Å². The van der Waals surface area contributed by atoms with Crippen LogP contribution in [-0.4, -0.2) is 47.3 Å². The summed E-state index contributed by atoms with van der Waals surface area (Å²) in [7, 11) is 0. The molecule has 4 nitrogen and oxygen atoms in total. The quantitative estimate of drug-likeness (QED) is 0.862. The molecule has 116 valence electrons. The Labute approximate surface area is 122 Å². The van der Waals surface area contributed by atoms with Gasteiger partial charge in [-0.15, -0.1) is 0 Å². The average Bonchev–Trinajstić information content (AvgIpc) is 2.47. The second kappa shape index (κ2) is 6.44. The zero-order chi connectivity index (χ0) is 14.8. The summed E-state index contributed by atoms with van der Waals surface area (Å²) in [5.74, 6) is -0.629. The van der Waals surface area contributed by atoms with Crippen LogP contribution in [0.5, 0.6) is 0 Å². The smallest absolute Gasteiger partial charge is 0.309 e. The first-order valence-electron chi connectivity index (χ1n) is 8.11. The molecule has 1 aliphatic heterocycles. The van der Waals surface area contributed by atoms with Crippen molar-refractivity contribution in [1.82, 2.24) is 4.90 Å². The highest BCUT2D eigenvalue weighted by atomic mass is 16.5. The molecular formula is C16H29NO3. The maximum atomic E-state index is 11.3. The van der Waals surface area contributed by atoms with Crippen LogP contribution in [0.25, 0.3) is 0 Å². The zero-order valence-corrected chi connectivity index (χ0v) is 13.1. The van der Waals surface area contributed by atoms with Gasteiger partial charge in [0.1, 0.15) is 0 Å². The molecule has 0 aromatic heterocycles. The van der Waals surface area contributed by atoms with Crippen LogP contribution in [0.4, 0.5) is 0 Å². The van der Waals surface area contributed by atoms with Crippen molar-refractivity contribution in [3.63, 3.8) is 0 Å². The van der Waals surface area contributed by atoms with E-state index in [4.69, 9.17) is 4.74 Å². The van der Waals surface area contributed by atoms with Crippen molar-refractivity contribution in [2.24, 2.45) is 5.41 Å². The monoisotopic (exact) mass is 283 g/mol. The fourth-order valence-electron chi connectivity index (χ4n) is 3.52. The standard InChI is InChI=1S/C16H29NO3/c1-4-13-10-17(11-14(5-2)20-13)12-6-8-16(3,9-7-12)15(18)19/h12-14H,4-11H2,1-3H3,(H,18,19). The van der Waals surface area contributed by atoms with E-state index in [-0.39, 0.29) is 0 Å². The third-order valence-corrected chi connectivity index (χ3v) is 5.26. The number of rotatable bonds is 4. The summed E-state index contributed by atoms with van der Waals surface area (Å²) >= 11 is 0. The second-order valence-electron chi connectivity index (χ2n) is 6.75. The molecular weight excluding hydrogens is 254 g/mol. The molecule has 0 aromatic carbocycles. The number of aliphatic carboxylic acids is 1. The Morgan fingerprint density at radius 2 is 1.70 bits per heavy atom. The Kier molecular flexibility index (Phi) is 5.08. The van der Waals surface area contributed by atoms with Crippen LogP contribution in [0.1, 0.15) is 59.3 Å². The molecule has 1 saturated carbocycles. The molecule has 2 atom stereocenters. The van der Waals surface area contributed by atoms with Crippen molar-refractivity contribution in [3.8, 4) is 0 Å². The molecule has 2 rings (SSSR count). The number of carboxylic acids is 1. The van der Waals surface area contributed by atoms with Gasteiger partial charge in [-0.1, -0.05) is 13.8 Å². The predicted molar refractivity (Wildman–Crippen MR) is 78.8 cm³/mol. The topological polar surface area (TPSA) is 49.8 Å². The van der Waals surface area contributed by atoms with Crippen molar-refractivity contribution >= 4 is 5.97 Å². The molecule has 1 aliphatic carbocycles. The Bertz CT molecular complexity index is 325. The van der Waals surface area contributed by atoms with Crippen molar-refractivity contribution in [3.05, 3.63) is 0 Å². The molecule has 1 heterocycles. The third-order valence-electron chi connectivity index (χ3n) is 5.26. The summed E-state index contributed by atoms with van der Waals surface area (Å²) in [5, 5.41) is 9.32. The maximum absolute atomic E-state index is 11.3. The van der Waals surface area contributed by atoms with Crippen molar-refractivity contribution in [2.45, 2.75) is 77.5 Å². The van der Waals surface area contributed by atoms with Gasteiger partial charge in [0.05, 0.1) is 17.6 Å². The number of morpholine rings is 1. The van der Waals surface area contributed by atoms with E-state index in [2.05, 4.69) is 18.7 Å². The molecule has 0 bridgehead atoms. The molecule has 1 N–H and O–H groups in total. The van der Waals surface area contributed by atoms with Crippen LogP contribution >= 0.6 is 0 Å². The summed E-state index contributed by atoms with van der Waals surface area (Å²) in [6, 6.07) is 0.550. The van der Waals surface area contributed by atoms with Gasteiger partial charge >= 0.3 is 5.97 Å². The van der Waals surface area contributed by atoms with Gasteiger partial charge in [0, 0.05) is 19.1 Å². The highest BCUT2D eigenvalue weighted by Gasteiger charge is 2.40. The van der Waals surface area contributed by atoms with Crippen molar-refractivity contribution < 1.29 is 14.6 Å². The number of carboxylic acid groups (broad SMARTS) is 1. The average molecular weight is 283 g/mol. The van der Waals surface area contributed by atoms with E-state index in [9.17, 15) is 9.90 Å². The van der Waals surface area contributed by atoms with Gasteiger partial charge in [0.25, 0.3) is 0 Å². The number of ether oxygens (including phenoxy) is 1. The second-order valence-corrected chi connectivity index (χ2v) is 6.75. The van der Waals surface area contributed by atoms with E-state index < -0.39 is 11.4 Å². The van der Waals surface area contributed by atoms with Crippen LogP contribution in [-0.2, 0) is 9.53 Å². The highest BCUT2D eigenvalue weighted by molar-refractivity contribution is 5.74. The molecule has 2 unspecified atom stereocenters. The SMILES string of the molecule is CCC1CN(C2CCC(C)(C(=O)O)CC2)CC(CC)O1. The lowest BCUT2D eigenvalue weighted by atomic mass is 9.73. The van der Waals surface area contributed by atoms with Gasteiger partial charge in [-0.3, -0.25) is 9.69 Å². The number of hydrogen-bond donors (Lipinski definition) is 1. The van der Waals surface area contributed by atoms with Gasteiger partial charge < -0.3 is 9.84 Å². The molecule has 0 aromatic rings. The molecule has 0 amide bonds. The van der Waals surface area contributed by atoms with Crippen LogP contribution in [0.3, 0.4) is 0 Å². The van der Waals surface area contributed by atoms with Crippen LogP contribution in [0.15, 0.2) is 0 Å². The predicted octanol–water partition coefficient (Wildman–Crippen LogP) is 2.91. The largest absolute Gasteiger partial charge is 0.481 e. The molecule has 20 heavy (non-hydrogen) atoms. The molecule has 2 fully saturated rings. The first kappa shape index (κ1) is 15.8. The van der Waals surface area contributed by atoms with Gasteiger partial charge in [-0.2, -0.15) is 0 Å². The highest BCUT2D eigenvalue weighted by Crippen LogP contribution is 2.38. The first-order valence-corrected chi connectivity index (χ1v) is 8.11. The van der Waals surface area contributed by atoms with E-state index in [1.54, 1.807) is 0 Å². The summed E-state index contributed by atoms with van der Waals surface area (Å²) in [6.07, 6.45) is 6.45. The normalized spacial score (nSPS) is 39.6. The Hall–Kier alpha value is -0.610. The van der Waals surface area contributed by atoms with Gasteiger partial charge in [0.15, 0.2) is 0 Å². The fraction of sp³-hybridized carbons (Fsp3) is 0.938. The Morgan fingerprint density at radius 3 is 2.10 bits per heavy atom. The summed E-state index contributed by atoms with van der Waals surface area (Å²) in [6.45, 7) is 8.30. The molecule has 1 saturated heterocycles. The first-order chi connectivity index (χ1) is 9.48. The van der Waals surface area contributed by atoms with E-state index in [0.29, 0.717) is 18.2 Å². The molecule has 0 spiro atoms. The van der Waals surface area contributed by atoms with E-state index in [1.165, 1.54) is 0 Å². The van der Waals surface area contributed by atoms with Crippen LogP contribution in [0, 0.1) is 5.41 Å². The van der Waals surface area contributed by atoms with Crippen molar-refractivity contribution in [2.75, 3.05) is 13.1 Å². The minimum absolute atomic E-state index is 0.349. The number of hydrogen-bond acceptors (Lipinski definition) is 3. The van der Waals surface area contributed by atoms with E-state index in [0.717, 1.165) is 51.6 Å².